The Balaban J connectivity index is 2.79. The fourth-order valence-electron chi connectivity index (χ4n) is 1.42. The van der Waals surface area contributed by atoms with Crippen LogP contribution in [0.1, 0.15) is 25.5 Å². The summed E-state index contributed by atoms with van der Waals surface area (Å²) in [6.45, 7) is 3.29. The fourth-order valence-corrected chi connectivity index (χ4v) is 1.42. The second-order valence-corrected chi connectivity index (χ2v) is 4.55. The van der Waals surface area contributed by atoms with Gasteiger partial charge in [0.2, 0.25) is 0 Å². The monoisotopic (exact) mass is 260 g/mol. The summed E-state index contributed by atoms with van der Waals surface area (Å²) in [5.41, 5.74) is -0.354. The largest absolute Gasteiger partial charge is 0.479 e. The molecule has 0 aliphatic carbocycles. The van der Waals surface area contributed by atoms with E-state index in [0.29, 0.717) is 5.56 Å². The fraction of sp³-hybridized carbons (Fsp3) is 0.286. The molecule has 1 rings (SSSR count). The van der Waals surface area contributed by atoms with E-state index < -0.39 is 23.6 Å². The molecular weight excluding hydrogens is 244 g/mol. The molecule has 0 saturated heterocycles. The Morgan fingerprint density at radius 3 is 2.37 bits per heavy atom. The van der Waals surface area contributed by atoms with Gasteiger partial charge in [-0.1, -0.05) is 36.3 Å². The molecule has 0 unspecified atom stereocenters. The smallest absolute Gasteiger partial charge is 0.330 e. The molecule has 0 heterocycles. The molecule has 3 N–H and O–H groups in total. The van der Waals surface area contributed by atoms with Gasteiger partial charge in [0, 0.05) is 0 Å². The number of urea groups is 1. The summed E-state index contributed by atoms with van der Waals surface area (Å²) in [5, 5.41) is 14.0. The number of carbonyl (C=O) groups excluding carboxylic acids is 1. The number of hydrogen-bond donors (Lipinski definition) is 3. The minimum Gasteiger partial charge on any atom is -0.479 e. The predicted octanol–water partition coefficient (Wildman–Crippen LogP) is 1.52. The van der Waals surface area contributed by atoms with Gasteiger partial charge < -0.3 is 15.7 Å². The van der Waals surface area contributed by atoms with Gasteiger partial charge in [-0.25, -0.2) is 9.59 Å². The zero-order valence-electron chi connectivity index (χ0n) is 10.8. The van der Waals surface area contributed by atoms with Crippen molar-refractivity contribution in [1.29, 1.82) is 0 Å². The first-order chi connectivity index (χ1) is 8.85. The number of benzene rings is 1. The number of aliphatic carboxylic acids is 1. The quantitative estimate of drug-likeness (QED) is 0.718. The Bertz CT molecular complexity index is 503. The van der Waals surface area contributed by atoms with Crippen molar-refractivity contribution in [3.05, 3.63) is 35.9 Å². The highest BCUT2D eigenvalue weighted by Gasteiger charge is 2.24. The van der Waals surface area contributed by atoms with E-state index in [0.717, 1.165) is 0 Å². The van der Waals surface area contributed by atoms with E-state index in [4.69, 9.17) is 11.5 Å². The molecular formula is C14H16N2O3. The van der Waals surface area contributed by atoms with Crippen LogP contribution < -0.4 is 10.6 Å². The summed E-state index contributed by atoms with van der Waals surface area (Å²) in [6, 6.07) is 6.70. The molecule has 1 aromatic carbocycles. The molecule has 0 spiro atoms. The van der Waals surface area contributed by atoms with Crippen LogP contribution in [0, 0.1) is 12.3 Å². The van der Waals surface area contributed by atoms with Crippen LogP contribution in [0.2, 0.25) is 0 Å². The third-order valence-electron chi connectivity index (χ3n) is 2.44. The average Bonchev–Trinajstić information content (AvgIpc) is 2.36. The highest BCUT2D eigenvalue weighted by molar-refractivity contribution is 5.84. The van der Waals surface area contributed by atoms with Crippen molar-refractivity contribution in [2.24, 2.45) is 0 Å². The molecule has 0 aliphatic rings. The molecule has 0 saturated carbocycles. The van der Waals surface area contributed by atoms with Crippen molar-refractivity contribution in [1.82, 2.24) is 10.6 Å². The lowest BCUT2D eigenvalue weighted by Gasteiger charge is -2.22. The summed E-state index contributed by atoms with van der Waals surface area (Å²) in [5.74, 6) is 1.26. The molecule has 0 radical (unpaired) electrons. The van der Waals surface area contributed by atoms with Crippen molar-refractivity contribution in [2.75, 3.05) is 0 Å². The van der Waals surface area contributed by atoms with Crippen molar-refractivity contribution < 1.29 is 14.7 Å². The minimum atomic E-state index is -1.14. The van der Waals surface area contributed by atoms with Gasteiger partial charge in [-0.15, -0.1) is 6.42 Å². The molecule has 19 heavy (non-hydrogen) atoms. The molecule has 0 fully saturated rings. The Hall–Kier alpha value is -2.48. The standard InChI is InChI=1S/C14H16N2O3/c1-4-14(2,3)16-13(19)15-11(12(17)18)10-8-6-5-7-9-10/h1,5-9,11H,2-3H3,(H,17,18)(H2,15,16,19)/t11-/m1/s1. The second-order valence-electron chi connectivity index (χ2n) is 4.55. The molecule has 0 aliphatic heterocycles. The lowest BCUT2D eigenvalue weighted by molar-refractivity contribution is -0.139. The van der Waals surface area contributed by atoms with Crippen molar-refractivity contribution >= 4 is 12.0 Å². The Morgan fingerprint density at radius 1 is 1.32 bits per heavy atom. The summed E-state index contributed by atoms with van der Waals surface area (Å²) in [7, 11) is 0. The minimum absolute atomic E-state index is 0.490. The van der Waals surface area contributed by atoms with Crippen LogP contribution in [0.25, 0.3) is 0 Å². The zero-order valence-corrected chi connectivity index (χ0v) is 10.8. The van der Waals surface area contributed by atoms with Crippen molar-refractivity contribution in [2.45, 2.75) is 25.4 Å². The van der Waals surface area contributed by atoms with E-state index in [9.17, 15) is 9.59 Å². The van der Waals surface area contributed by atoms with Gasteiger partial charge >= 0.3 is 12.0 Å². The number of rotatable bonds is 4. The number of carbonyl (C=O) groups is 2. The van der Waals surface area contributed by atoms with Gasteiger partial charge in [-0.05, 0) is 19.4 Å². The van der Waals surface area contributed by atoms with Gasteiger partial charge in [0.1, 0.15) is 0 Å². The molecule has 2 amide bonds. The topological polar surface area (TPSA) is 78.4 Å². The molecule has 1 aromatic rings. The average molecular weight is 260 g/mol. The van der Waals surface area contributed by atoms with Crippen LogP contribution >= 0.6 is 0 Å². The Kier molecular flexibility index (Phi) is 4.54. The number of amides is 2. The maximum atomic E-state index is 11.7. The van der Waals surface area contributed by atoms with Crippen LogP contribution in [-0.2, 0) is 4.79 Å². The van der Waals surface area contributed by atoms with E-state index in [1.807, 2.05) is 0 Å². The normalized spacial score (nSPS) is 12.1. The summed E-state index contributed by atoms with van der Waals surface area (Å²) < 4.78 is 0. The lowest BCUT2D eigenvalue weighted by atomic mass is 10.1. The Morgan fingerprint density at radius 2 is 1.89 bits per heavy atom. The first kappa shape index (κ1) is 14.6. The highest BCUT2D eigenvalue weighted by Crippen LogP contribution is 2.12. The summed E-state index contributed by atoms with van der Waals surface area (Å²) in [4.78, 5) is 22.9. The molecule has 0 aromatic heterocycles. The van der Waals surface area contributed by atoms with Crippen LogP contribution in [0.5, 0.6) is 0 Å². The van der Waals surface area contributed by atoms with Gasteiger partial charge in [0.05, 0.1) is 5.54 Å². The molecule has 0 bridgehead atoms. The highest BCUT2D eigenvalue weighted by atomic mass is 16.4. The van der Waals surface area contributed by atoms with E-state index >= 15 is 0 Å². The van der Waals surface area contributed by atoms with Crippen LogP contribution in [0.4, 0.5) is 4.79 Å². The van der Waals surface area contributed by atoms with Crippen molar-refractivity contribution in [3.8, 4) is 12.3 Å². The number of hydrogen-bond acceptors (Lipinski definition) is 2. The zero-order chi connectivity index (χ0) is 14.5. The Labute approximate surface area is 112 Å². The second kappa shape index (κ2) is 5.91. The van der Waals surface area contributed by atoms with E-state index in [2.05, 4.69) is 16.6 Å². The predicted molar refractivity (Wildman–Crippen MR) is 71.4 cm³/mol. The number of carboxylic acid groups (broad SMARTS) is 1. The van der Waals surface area contributed by atoms with E-state index in [1.54, 1.807) is 44.2 Å². The SMILES string of the molecule is C#CC(C)(C)NC(=O)N[C@@H](C(=O)O)c1ccccc1. The summed E-state index contributed by atoms with van der Waals surface area (Å²) in [6.07, 6.45) is 5.25. The molecule has 100 valence electrons. The first-order valence-corrected chi connectivity index (χ1v) is 5.70. The third-order valence-corrected chi connectivity index (χ3v) is 2.44. The molecule has 5 heteroatoms. The lowest BCUT2D eigenvalue weighted by Crippen LogP contribution is -2.49. The van der Waals surface area contributed by atoms with Crippen LogP contribution in [-0.4, -0.2) is 22.6 Å². The maximum absolute atomic E-state index is 11.7. The van der Waals surface area contributed by atoms with E-state index in [1.165, 1.54) is 0 Å². The maximum Gasteiger partial charge on any atom is 0.330 e. The van der Waals surface area contributed by atoms with E-state index in [-0.39, 0.29) is 0 Å². The van der Waals surface area contributed by atoms with Gasteiger partial charge in [0.15, 0.2) is 6.04 Å². The van der Waals surface area contributed by atoms with Gasteiger partial charge in [0.25, 0.3) is 0 Å². The number of nitrogens with one attached hydrogen (secondary N) is 2. The van der Waals surface area contributed by atoms with Gasteiger partial charge in [-0.3, -0.25) is 0 Å². The first-order valence-electron chi connectivity index (χ1n) is 5.70. The summed E-state index contributed by atoms with van der Waals surface area (Å²) >= 11 is 0. The number of carboxylic acids is 1. The molecule has 5 nitrogen and oxygen atoms in total. The molecule has 1 atom stereocenters. The van der Waals surface area contributed by atoms with Crippen molar-refractivity contribution in [3.63, 3.8) is 0 Å². The number of terminal acetylenes is 1. The van der Waals surface area contributed by atoms with Crippen LogP contribution in [0.15, 0.2) is 30.3 Å². The van der Waals surface area contributed by atoms with Gasteiger partial charge in [-0.2, -0.15) is 0 Å². The van der Waals surface area contributed by atoms with Crippen LogP contribution in [0.3, 0.4) is 0 Å². The third kappa shape index (κ3) is 4.36.